The second-order valence-corrected chi connectivity index (χ2v) is 6.11. The van der Waals surface area contributed by atoms with Gasteiger partial charge >= 0.3 is 0 Å². The second kappa shape index (κ2) is 4.38. The van der Waals surface area contributed by atoms with E-state index in [-0.39, 0.29) is 0 Å². The molecule has 2 heterocycles. The molecule has 0 spiro atoms. The summed E-state index contributed by atoms with van der Waals surface area (Å²) in [7, 11) is 0. The molecule has 2 aromatic heterocycles. The summed E-state index contributed by atoms with van der Waals surface area (Å²) in [6, 6.07) is 4.68. The molecule has 1 saturated carbocycles. The van der Waals surface area contributed by atoms with Gasteiger partial charge in [0.05, 0.1) is 4.88 Å². The quantitative estimate of drug-likeness (QED) is 0.832. The molecule has 3 nitrogen and oxygen atoms in total. The van der Waals surface area contributed by atoms with Gasteiger partial charge in [-0.05, 0) is 48.8 Å². The molecule has 90 valence electrons. The molecule has 1 N–H and O–H groups in total. The molecule has 1 aliphatic rings. The normalized spacial score (nSPS) is 24.3. The minimum absolute atomic E-state index is 0.522. The minimum atomic E-state index is 0.522. The second-order valence-electron chi connectivity index (χ2n) is 4.77. The number of aromatic nitrogens is 3. The minimum Gasteiger partial charge on any atom is -0.296 e. The smallest absolute Gasteiger partial charge is 0.195 e. The Morgan fingerprint density at radius 2 is 2.41 bits per heavy atom. The van der Waals surface area contributed by atoms with E-state index in [9.17, 15) is 0 Å². The Morgan fingerprint density at radius 1 is 1.53 bits per heavy atom. The summed E-state index contributed by atoms with van der Waals surface area (Å²) in [5, 5.41) is 9.40. The fraction of sp³-hybridized carbons (Fsp3) is 0.500. The van der Waals surface area contributed by atoms with Gasteiger partial charge in [0.2, 0.25) is 0 Å². The third-order valence-corrected chi connectivity index (χ3v) is 4.63. The van der Waals surface area contributed by atoms with Gasteiger partial charge in [-0.15, -0.1) is 11.3 Å². The van der Waals surface area contributed by atoms with E-state index in [2.05, 4.69) is 39.2 Å². The molecule has 0 aliphatic heterocycles. The van der Waals surface area contributed by atoms with Crippen molar-refractivity contribution in [1.82, 2.24) is 14.8 Å². The molecular weight excluding hydrogens is 250 g/mol. The number of hydrogen-bond acceptors (Lipinski definition) is 3. The lowest BCUT2D eigenvalue weighted by atomic mass is 10.1. The van der Waals surface area contributed by atoms with Gasteiger partial charge in [0.15, 0.2) is 10.6 Å². The highest BCUT2D eigenvalue weighted by Gasteiger charge is 2.26. The number of nitrogens with zero attached hydrogens (tertiary/aromatic N) is 2. The molecule has 0 saturated heterocycles. The Labute approximate surface area is 109 Å². The van der Waals surface area contributed by atoms with Gasteiger partial charge in [-0.2, -0.15) is 5.10 Å². The summed E-state index contributed by atoms with van der Waals surface area (Å²) in [4.78, 5) is 1.19. The molecule has 0 bridgehead atoms. The van der Waals surface area contributed by atoms with Crippen molar-refractivity contribution in [2.45, 2.75) is 32.2 Å². The van der Waals surface area contributed by atoms with Crippen LogP contribution in [0.3, 0.4) is 0 Å². The summed E-state index contributed by atoms with van der Waals surface area (Å²) in [6.07, 6.45) is 3.72. The monoisotopic (exact) mass is 265 g/mol. The van der Waals surface area contributed by atoms with E-state index in [0.717, 1.165) is 16.5 Å². The molecule has 2 aromatic rings. The first-order valence-electron chi connectivity index (χ1n) is 5.96. The van der Waals surface area contributed by atoms with Crippen molar-refractivity contribution in [2.24, 2.45) is 5.92 Å². The first kappa shape index (κ1) is 11.2. The summed E-state index contributed by atoms with van der Waals surface area (Å²) in [5.74, 6) is 1.80. The number of hydrogen-bond donors (Lipinski definition) is 1. The Kier molecular flexibility index (Phi) is 2.88. The molecule has 1 fully saturated rings. The van der Waals surface area contributed by atoms with Crippen LogP contribution in [0.4, 0.5) is 0 Å². The van der Waals surface area contributed by atoms with Crippen LogP contribution in [-0.2, 0) is 0 Å². The van der Waals surface area contributed by atoms with Gasteiger partial charge in [-0.25, -0.2) is 0 Å². The Bertz CT molecular complexity index is 553. The molecule has 0 radical (unpaired) electrons. The van der Waals surface area contributed by atoms with Crippen LogP contribution in [0.1, 0.15) is 32.2 Å². The number of nitrogens with one attached hydrogen (secondary N) is 1. The fourth-order valence-electron chi connectivity index (χ4n) is 2.63. The van der Waals surface area contributed by atoms with E-state index in [1.54, 1.807) is 11.3 Å². The van der Waals surface area contributed by atoms with Gasteiger partial charge in [0, 0.05) is 6.04 Å². The molecule has 1 aliphatic carbocycles. The highest BCUT2D eigenvalue weighted by Crippen LogP contribution is 2.37. The first-order chi connectivity index (χ1) is 8.25. The molecule has 0 amide bonds. The third-order valence-electron chi connectivity index (χ3n) is 3.48. The SMILES string of the molecule is CC1CCC(n2c(-c3cccs3)n[nH]c2=S)C1. The third kappa shape index (κ3) is 1.98. The summed E-state index contributed by atoms with van der Waals surface area (Å²) in [5.41, 5.74) is 0. The van der Waals surface area contributed by atoms with Crippen LogP contribution in [0.2, 0.25) is 0 Å². The van der Waals surface area contributed by atoms with E-state index in [4.69, 9.17) is 12.2 Å². The molecule has 0 aromatic carbocycles. The lowest BCUT2D eigenvalue weighted by Crippen LogP contribution is -2.07. The maximum atomic E-state index is 5.37. The fourth-order valence-corrected chi connectivity index (χ4v) is 3.63. The molecular formula is C12H15N3S2. The van der Waals surface area contributed by atoms with Gasteiger partial charge in [0.25, 0.3) is 0 Å². The van der Waals surface area contributed by atoms with Gasteiger partial charge in [-0.3, -0.25) is 9.67 Å². The van der Waals surface area contributed by atoms with Crippen molar-refractivity contribution in [3.8, 4) is 10.7 Å². The average Bonchev–Trinajstić information content (AvgIpc) is 2.97. The van der Waals surface area contributed by atoms with E-state index >= 15 is 0 Å². The topological polar surface area (TPSA) is 33.6 Å². The standard InChI is InChI=1S/C12H15N3S2/c1-8-4-5-9(7-8)15-11(13-14-12(15)16)10-3-2-6-17-10/h2-3,6,8-9H,4-5,7H2,1H3,(H,14,16). The highest BCUT2D eigenvalue weighted by atomic mass is 32.1. The van der Waals surface area contributed by atoms with Crippen LogP contribution in [-0.4, -0.2) is 14.8 Å². The van der Waals surface area contributed by atoms with E-state index in [0.29, 0.717) is 6.04 Å². The zero-order chi connectivity index (χ0) is 11.8. The number of H-pyrrole nitrogens is 1. The van der Waals surface area contributed by atoms with Crippen molar-refractivity contribution >= 4 is 23.6 Å². The van der Waals surface area contributed by atoms with Crippen molar-refractivity contribution in [2.75, 3.05) is 0 Å². The van der Waals surface area contributed by atoms with E-state index < -0.39 is 0 Å². The lowest BCUT2D eigenvalue weighted by molar-refractivity contribution is 0.492. The van der Waals surface area contributed by atoms with Gasteiger partial charge in [0.1, 0.15) is 0 Å². The Morgan fingerprint density at radius 3 is 3.06 bits per heavy atom. The van der Waals surface area contributed by atoms with Crippen LogP contribution in [0.15, 0.2) is 17.5 Å². The first-order valence-corrected chi connectivity index (χ1v) is 7.25. The maximum Gasteiger partial charge on any atom is 0.195 e. The van der Waals surface area contributed by atoms with Crippen molar-refractivity contribution in [3.05, 3.63) is 22.3 Å². The largest absolute Gasteiger partial charge is 0.296 e. The van der Waals surface area contributed by atoms with Gasteiger partial charge in [-0.1, -0.05) is 13.0 Å². The predicted octanol–water partition coefficient (Wildman–Crippen LogP) is 4.03. The lowest BCUT2D eigenvalue weighted by Gasteiger charge is -2.13. The zero-order valence-corrected chi connectivity index (χ0v) is 11.4. The molecule has 2 atom stereocenters. The molecule has 17 heavy (non-hydrogen) atoms. The Balaban J connectivity index is 2.04. The van der Waals surface area contributed by atoms with E-state index in [1.807, 2.05) is 0 Å². The van der Waals surface area contributed by atoms with Crippen LogP contribution in [0, 0.1) is 10.7 Å². The summed E-state index contributed by atoms with van der Waals surface area (Å²) in [6.45, 7) is 2.31. The van der Waals surface area contributed by atoms with Crippen LogP contribution in [0.25, 0.3) is 10.7 Å². The van der Waals surface area contributed by atoms with Crippen molar-refractivity contribution in [3.63, 3.8) is 0 Å². The highest BCUT2D eigenvalue weighted by molar-refractivity contribution is 7.71. The van der Waals surface area contributed by atoms with E-state index in [1.165, 1.54) is 24.1 Å². The maximum absolute atomic E-state index is 5.37. The molecule has 5 heteroatoms. The number of aromatic amines is 1. The summed E-state index contributed by atoms with van der Waals surface area (Å²) >= 11 is 7.09. The van der Waals surface area contributed by atoms with Crippen LogP contribution < -0.4 is 0 Å². The number of rotatable bonds is 2. The zero-order valence-electron chi connectivity index (χ0n) is 9.72. The van der Waals surface area contributed by atoms with Crippen LogP contribution >= 0.6 is 23.6 Å². The summed E-state index contributed by atoms with van der Waals surface area (Å²) < 4.78 is 2.97. The van der Waals surface area contributed by atoms with Crippen LogP contribution in [0.5, 0.6) is 0 Å². The predicted molar refractivity (Wildman–Crippen MR) is 72.8 cm³/mol. The average molecular weight is 265 g/mol. The van der Waals surface area contributed by atoms with Crippen molar-refractivity contribution in [1.29, 1.82) is 0 Å². The van der Waals surface area contributed by atoms with Crippen molar-refractivity contribution < 1.29 is 0 Å². The Hall–Kier alpha value is -0.940. The number of thiophene rings is 1. The molecule has 2 unspecified atom stereocenters. The van der Waals surface area contributed by atoms with Gasteiger partial charge < -0.3 is 0 Å². The molecule has 3 rings (SSSR count).